The van der Waals surface area contributed by atoms with Gasteiger partial charge in [0.15, 0.2) is 5.78 Å². The Kier molecular flexibility index (Phi) is 6.89. The number of pyridine rings is 1. The van der Waals surface area contributed by atoms with E-state index in [9.17, 15) is 9.59 Å². The third kappa shape index (κ3) is 4.74. The number of amides is 1. The van der Waals surface area contributed by atoms with Crippen molar-refractivity contribution < 1.29 is 14.3 Å². The fourth-order valence-corrected chi connectivity index (χ4v) is 5.51. The molecule has 38 heavy (non-hydrogen) atoms. The third-order valence-electron chi connectivity index (χ3n) is 7.32. The molecular weight excluding hydrogens is 478 g/mol. The molecule has 1 atom stereocenters. The van der Waals surface area contributed by atoms with Crippen LogP contribution in [0.2, 0.25) is 0 Å². The lowest BCUT2D eigenvalue weighted by Gasteiger charge is -2.34. The molecule has 3 aromatic rings. The van der Waals surface area contributed by atoms with Crippen molar-refractivity contribution in [1.82, 2.24) is 20.1 Å². The number of carbonyl (C=O) groups is 2. The molecule has 8 nitrogen and oxygen atoms in total. The zero-order valence-corrected chi connectivity index (χ0v) is 22.5. The smallest absolute Gasteiger partial charge is 0.255 e. The number of Topliss-reactive ketones (excluding diaryl/α,β-unsaturated/α-hetero) is 1. The number of nitrogens with one attached hydrogen (secondary N) is 2. The number of aromatic nitrogens is 3. The number of rotatable bonds is 6. The number of benzene rings is 1. The van der Waals surface area contributed by atoms with Crippen LogP contribution in [0.25, 0.3) is 0 Å². The van der Waals surface area contributed by atoms with Crippen LogP contribution in [-0.4, -0.2) is 33.6 Å². The molecule has 0 bridgehead atoms. The Morgan fingerprint density at radius 3 is 2.68 bits per heavy atom. The van der Waals surface area contributed by atoms with Crippen LogP contribution in [0.3, 0.4) is 0 Å². The normalized spacial score (nSPS) is 17.3. The van der Waals surface area contributed by atoms with Crippen LogP contribution in [0.1, 0.15) is 60.2 Å². The van der Waals surface area contributed by atoms with Gasteiger partial charge in [-0.1, -0.05) is 12.1 Å². The van der Waals surface area contributed by atoms with E-state index in [1.165, 1.54) is 0 Å². The van der Waals surface area contributed by atoms with Crippen LogP contribution >= 0.6 is 0 Å². The Hall–Kier alpha value is -4.20. The number of dihydropyridines is 1. The van der Waals surface area contributed by atoms with E-state index in [1.54, 1.807) is 13.3 Å². The van der Waals surface area contributed by atoms with Gasteiger partial charge in [-0.2, -0.15) is 5.10 Å². The van der Waals surface area contributed by atoms with Gasteiger partial charge in [-0.15, -0.1) is 0 Å². The molecule has 0 spiro atoms. The highest BCUT2D eigenvalue weighted by Crippen LogP contribution is 2.43. The standard InChI is InChI=1S/C30H33N5O3/c1-17-8-7-13-31-29(17)33-30(37)26-20(4)32-23-9-6-10-24(36)28(23)27(26)21-11-12-25(38-5)22(15-21)16-35-19(3)14-18(2)34-35/h7-8,11-15,27,32H,6,9-10,16H2,1-5H3,(H,31,33,37)/t27-/m1/s1. The average molecular weight is 512 g/mol. The van der Waals surface area contributed by atoms with Crippen molar-refractivity contribution in [2.24, 2.45) is 0 Å². The van der Waals surface area contributed by atoms with E-state index in [2.05, 4.69) is 20.7 Å². The Balaban J connectivity index is 1.61. The second-order valence-electron chi connectivity index (χ2n) is 10.0. The van der Waals surface area contributed by atoms with E-state index in [-0.39, 0.29) is 11.7 Å². The largest absolute Gasteiger partial charge is 0.496 e. The van der Waals surface area contributed by atoms with Crippen molar-refractivity contribution in [3.05, 3.63) is 93.2 Å². The van der Waals surface area contributed by atoms with Gasteiger partial charge in [0.1, 0.15) is 11.6 Å². The molecule has 1 amide bonds. The molecule has 0 saturated carbocycles. The number of hydrogen-bond donors (Lipinski definition) is 2. The SMILES string of the molecule is COc1ccc([C@@H]2C(C(=O)Nc3ncccc3C)=C(C)NC3=C2C(=O)CCC3)cc1Cn1nc(C)cc1C. The van der Waals surface area contributed by atoms with Gasteiger partial charge in [0.2, 0.25) is 0 Å². The Labute approximate surface area is 222 Å². The number of hydrogen-bond acceptors (Lipinski definition) is 6. The highest BCUT2D eigenvalue weighted by molar-refractivity contribution is 6.09. The Morgan fingerprint density at radius 2 is 1.97 bits per heavy atom. The molecule has 2 aliphatic rings. The first-order valence-electron chi connectivity index (χ1n) is 12.9. The van der Waals surface area contributed by atoms with Crippen LogP contribution < -0.4 is 15.4 Å². The zero-order valence-electron chi connectivity index (χ0n) is 22.5. The summed E-state index contributed by atoms with van der Waals surface area (Å²) in [5.41, 5.74) is 7.50. The molecule has 196 valence electrons. The van der Waals surface area contributed by atoms with E-state index in [4.69, 9.17) is 4.74 Å². The number of carbonyl (C=O) groups excluding carboxylic acids is 2. The predicted molar refractivity (Wildman–Crippen MR) is 146 cm³/mol. The Morgan fingerprint density at radius 1 is 1.16 bits per heavy atom. The Bertz CT molecular complexity index is 1500. The first-order valence-corrected chi connectivity index (χ1v) is 12.9. The maximum Gasteiger partial charge on any atom is 0.255 e. The van der Waals surface area contributed by atoms with E-state index in [1.807, 2.05) is 68.8 Å². The summed E-state index contributed by atoms with van der Waals surface area (Å²) in [6.45, 7) is 8.31. The average Bonchev–Trinajstić information content (AvgIpc) is 3.20. The van der Waals surface area contributed by atoms with Gasteiger partial charge in [0, 0.05) is 52.3 Å². The van der Waals surface area contributed by atoms with Crippen LogP contribution in [0.4, 0.5) is 5.82 Å². The maximum absolute atomic E-state index is 13.8. The summed E-state index contributed by atoms with van der Waals surface area (Å²) in [6.07, 6.45) is 3.70. The number of nitrogens with zero attached hydrogens (tertiary/aromatic N) is 3. The molecule has 2 N–H and O–H groups in total. The van der Waals surface area contributed by atoms with E-state index in [0.717, 1.165) is 58.1 Å². The van der Waals surface area contributed by atoms with Crippen LogP contribution in [0.5, 0.6) is 5.75 Å². The first-order chi connectivity index (χ1) is 18.3. The second kappa shape index (κ2) is 10.3. The molecule has 1 aromatic carbocycles. The number of allylic oxidation sites excluding steroid dienone is 3. The summed E-state index contributed by atoms with van der Waals surface area (Å²) in [6, 6.07) is 11.7. The lowest BCUT2D eigenvalue weighted by atomic mass is 9.74. The lowest BCUT2D eigenvalue weighted by Crippen LogP contribution is -2.35. The van der Waals surface area contributed by atoms with Crippen LogP contribution in [0.15, 0.2) is 65.1 Å². The van der Waals surface area contributed by atoms with Crippen molar-refractivity contribution in [2.45, 2.75) is 59.4 Å². The fourth-order valence-electron chi connectivity index (χ4n) is 5.51. The topological polar surface area (TPSA) is 98.1 Å². The van der Waals surface area contributed by atoms with Crippen molar-refractivity contribution in [3.8, 4) is 5.75 Å². The third-order valence-corrected chi connectivity index (χ3v) is 7.32. The molecule has 0 radical (unpaired) electrons. The first kappa shape index (κ1) is 25.4. The lowest BCUT2D eigenvalue weighted by molar-refractivity contribution is -0.116. The molecule has 3 heterocycles. The molecule has 0 fully saturated rings. The van der Waals surface area contributed by atoms with E-state index in [0.29, 0.717) is 29.9 Å². The van der Waals surface area contributed by atoms with Crippen molar-refractivity contribution in [2.75, 3.05) is 12.4 Å². The maximum atomic E-state index is 13.8. The van der Waals surface area contributed by atoms with Crippen LogP contribution in [0, 0.1) is 20.8 Å². The number of methoxy groups -OCH3 is 1. The minimum Gasteiger partial charge on any atom is -0.496 e. The molecular formula is C30H33N5O3. The monoisotopic (exact) mass is 511 g/mol. The molecule has 1 aliphatic carbocycles. The minimum absolute atomic E-state index is 0.0754. The highest BCUT2D eigenvalue weighted by atomic mass is 16.5. The van der Waals surface area contributed by atoms with Crippen LogP contribution in [-0.2, 0) is 16.1 Å². The van der Waals surface area contributed by atoms with E-state index >= 15 is 0 Å². The number of aryl methyl sites for hydroxylation is 3. The highest BCUT2D eigenvalue weighted by Gasteiger charge is 2.39. The molecule has 1 aliphatic heterocycles. The van der Waals surface area contributed by atoms with Gasteiger partial charge >= 0.3 is 0 Å². The fraction of sp³-hybridized carbons (Fsp3) is 0.333. The van der Waals surface area contributed by atoms with Gasteiger partial charge in [0.05, 0.1) is 19.3 Å². The molecule has 5 rings (SSSR count). The predicted octanol–water partition coefficient (Wildman–Crippen LogP) is 4.87. The molecule has 0 saturated heterocycles. The summed E-state index contributed by atoms with van der Waals surface area (Å²) in [5, 5.41) is 11.0. The zero-order chi connectivity index (χ0) is 27.0. The summed E-state index contributed by atoms with van der Waals surface area (Å²) in [5.74, 6) is 0.531. The quantitative estimate of drug-likeness (QED) is 0.490. The second-order valence-corrected chi connectivity index (χ2v) is 10.0. The molecule has 8 heteroatoms. The summed E-state index contributed by atoms with van der Waals surface area (Å²) < 4.78 is 7.63. The number of ketones is 1. The molecule has 0 unspecified atom stereocenters. The van der Waals surface area contributed by atoms with Gasteiger partial charge in [-0.05, 0) is 75.9 Å². The van der Waals surface area contributed by atoms with Gasteiger partial charge in [-0.25, -0.2) is 4.98 Å². The van der Waals surface area contributed by atoms with Crippen molar-refractivity contribution >= 4 is 17.5 Å². The van der Waals surface area contributed by atoms with Gasteiger partial charge < -0.3 is 15.4 Å². The number of ether oxygens (including phenoxy) is 1. The molecule has 2 aromatic heterocycles. The van der Waals surface area contributed by atoms with Crippen molar-refractivity contribution in [3.63, 3.8) is 0 Å². The van der Waals surface area contributed by atoms with Gasteiger partial charge in [-0.3, -0.25) is 14.3 Å². The van der Waals surface area contributed by atoms with Gasteiger partial charge in [0.25, 0.3) is 5.91 Å². The summed E-state index contributed by atoms with van der Waals surface area (Å²) >= 11 is 0. The van der Waals surface area contributed by atoms with E-state index < -0.39 is 5.92 Å². The van der Waals surface area contributed by atoms with Crippen molar-refractivity contribution in [1.29, 1.82) is 0 Å². The summed E-state index contributed by atoms with van der Waals surface area (Å²) in [4.78, 5) is 31.5. The summed E-state index contributed by atoms with van der Waals surface area (Å²) in [7, 11) is 1.65. The number of anilines is 1. The minimum atomic E-state index is -0.506.